The van der Waals surface area contributed by atoms with E-state index >= 15 is 0 Å². The number of piperidine rings is 1. The number of halogens is 2. The molecule has 1 aliphatic heterocycles. The predicted molar refractivity (Wildman–Crippen MR) is 110 cm³/mol. The van der Waals surface area contributed by atoms with Gasteiger partial charge in [-0.25, -0.2) is 4.98 Å². The fourth-order valence-corrected chi connectivity index (χ4v) is 4.47. The van der Waals surface area contributed by atoms with Gasteiger partial charge >= 0.3 is 6.11 Å². The molecule has 3 rings (SSSR count). The van der Waals surface area contributed by atoms with Crippen LogP contribution in [0.25, 0.3) is 0 Å². The van der Waals surface area contributed by atoms with Gasteiger partial charge in [-0.1, -0.05) is 12.1 Å². The molecule has 7 heteroatoms. The molecule has 1 saturated heterocycles. The Morgan fingerprint density at radius 3 is 2.59 bits per heavy atom. The molecule has 1 fully saturated rings. The van der Waals surface area contributed by atoms with Crippen LogP contribution < -0.4 is 4.74 Å². The molecule has 156 valence electrons. The smallest absolute Gasteiger partial charge is 0.394 e. The quantitative estimate of drug-likeness (QED) is 0.557. The zero-order chi connectivity index (χ0) is 21.0. The molecule has 1 amide bonds. The molecule has 29 heavy (non-hydrogen) atoms. The summed E-state index contributed by atoms with van der Waals surface area (Å²) in [7, 11) is 0. The van der Waals surface area contributed by atoms with Crippen molar-refractivity contribution in [3.8, 4) is 5.75 Å². The number of benzene rings is 1. The van der Waals surface area contributed by atoms with Crippen LogP contribution in [0.15, 0.2) is 47.4 Å². The van der Waals surface area contributed by atoms with E-state index in [0.717, 1.165) is 29.9 Å². The first-order valence-corrected chi connectivity index (χ1v) is 10.8. The van der Waals surface area contributed by atoms with Crippen molar-refractivity contribution in [1.82, 2.24) is 9.88 Å². The van der Waals surface area contributed by atoms with Crippen molar-refractivity contribution in [3.63, 3.8) is 0 Å². The zero-order valence-corrected chi connectivity index (χ0v) is 17.7. The number of hydrogen-bond donors (Lipinski definition) is 0. The number of nitrogens with zero attached hydrogens (tertiary/aromatic N) is 2. The second kappa shape index (κ2) is 9.11. The number of ether oxygens (including phenoxy) is 1. The van der Waals surface area contributed by atoms with Crippen LogP contribution in [0.4, 0.5) is 8.78 Å². The van der Waals surface area contributed by atoms with E-state index in [1.165, 1.54) is 17.8 Å². The first-order chi connectivity index (χ1) is 13.7. The summed E-state index contributed by atoms with van der Waals surface area (Å²) in [5.41, 5.74) is 1.22. The van der Waals surface area contributed by atoms with E-state index < -0.39 is 6.11 Å². The molecule has 0 N–H and O–H groups in total. The fraction of sp³-hybridized carbons (Fsp3) is 0.455. The summed E-state index contributed by atoms with van der Waals surface area (Å²) in [5, 5.41) is 0. The van der Waals surface area contributed by atoms with Gasteiger partial charge in [-0.2, -0.15) is 8.78 Å². The molecule has 0 saturated carbocycles. The van der Waals surface area contributed by atoms with Gasteiger partial charge in [-0.3, -0.25) is 4.79 Å². The van der Waals surface area contributed by atoms with Gasteiger partial charge in [-0.05, 0) is 63.4 Å². The number of carbonyl (C=O) groups excluding carboxylic acids is 1. The van der Waals surface area contributed by atoms with Gasteiger partial charge in [0, 0.05) is 29.7 Å². The maximum atomic E-state index is 13.0. The summed E-state index contributed by atoms with van der Waals surface area (Å²) < 4.78 is 30.7. The number of alkyl halides is 2. The summed E-state index contributed by atoms with van der Waals surface area (Å²) in [6.07, 6.45) is -0.0487. The third-order valence-corrected chi connectivity index (χ3v) is 5.97. The van der Waals surface area contributed by atoms with E-state index in [2.05, 4.69) is 23.6 Å². The van der Waals surface area contributed by atoms with Crippen molar-refractivity contribution in [3.05, 3.63) is 53.9 Å². The fourth-order valence-electron chi connectivity index (χ4n) is 3.62. The van der Waals surface area contributed by atoms with Crippen LogP contribution in [-0.4, -0.2) is 34.0 Å². The Hall–Kier alpha value is -2.15. The van der Waals surface area contributed by atoms with Crippen molar-refractivity contribution in [2.24, 2.45) is 0 Å². The summed E-state index contributed by atoms with van der Waals surface area (Å²) in [6.45, 7) is 4.88. The first kappa shape index (κ1) is 21.6. The third-order valence-electron chi connectivity index (χ3n) is 4.94. The van der Waals surface area contributed by atoms with Gasteiger partial charge in [0.25, 0.3) is 5.91 Å². The Balaban J connectivity index is 1.67. The molecule has 1 aromatic carbocycles. The van der Waals surface area contributed by atoms with Gasteiger partial charge in [0.2, 0.25) is 0 Å². The van der Waals surface area contributed by atoms with Crippen molar-refractivity contribution in [2.75, 3.05) is 0 Å². The molecule has 2 aromatic rings. The summed E-state index contributed by atoms with van der Waals surface area (Å²) in [6, 6.07) is 12.5. The van der Waals surface area contributed by atoms with Crippen LogP contribution in [-0.2, 0) is 5.75 Å². The number of aromatic nitrogens is 1. The molecule has 1 aromatic heterocycles. The van der Waals surface area contributed by atoms with Crippen molar-refractivity contribution in [1.29, 1.82) is 0 Å². The second-order valence-electron chi connectivity index (χ2n) is 7.53. The second-order valence-corrected chi connectivity index (χ2v) is 8.58. The Morgan fingerprint density at radius 2 is 1.90 bits per heavy atom. The summed E-state index contributed by atoms with van der Waals surface area (Å²) >= 11 is 1.46. The molecule has 0 aliphatic carbocycles. The molecular weight excluding hydrogens is 394 g/mol. The number of likely N-dealkylation sites (tertiary alicyclic amines) is 1. The predicted octanol–water partition coefficient (Wildman–Crippen LogP) is 5.77. The third kappa shape index (κ3) is 5.92. The van der Waals surface area contributed by atoms with Crippen LogP contribution in [0.5, 0.6) is 5.75 Å². The number of amides is 1. The minimum Gasteiger partial charge on any atom is -0.433 e. The van der Waals surface area contributed by atoms with E-state index in [9.17, 15) is 13.6 Å². The van der Waals surface area contributed by atoms with Gasteiger partial charge < -0.3 is 9.64 Å². The van der Waals surface area contributed by atoms with E-state index in [1.54, 1.807) is 18.2 Å². The highest BCUT2D eigenvalue weighted by Crippen LogP contribution is 2.29. The first-order valence-electron chi connectivity index (χ1n) is 9.81. The zero-order valence-electron chi connectivity index (χ0n) is 16.9. The van der Waals surface area contributed by atoms with Crippen LogP contribution in [0.3, 0.4) is 0 Å². The van der Waals surface area contributed by atoms with Gasteiger partial charge in [0.15, 0.2) is 0 Å². The lowest BCUT2D eigenvalue weighted by molar-refractivity contribution is -0.159. The average Bonchev–Trinajstić information content (AvgIpc) is 2.65. The lowest BCUT2D eigenvalue weighted by Crippen LogP contribution is -2.47. The highest BCUT2D eigenvalue weighted by molar-refractivity contribution is 7.98. The SMILES string of the molecule is CC1CCCC(C)N1C(=O)c1cccc(CSc2cccc(OC(C)(F)F)c2)n1. The molecule has 2 unspecified atom stereocenters. The van der Waals surface area contributed by atoms with Crippen LogP contribution >= 0.6 is 11.8 Å². The topological polar surface area (TPSA) is 42.4 Å². The lowest BCUT2D eigenvalue weighted by atomic mass is 9.97. The standard InChI is InChI=1S/C22H26F2N2O2S/c1-15-7-4-8-16(2)26(15)21(27)20-12-5-9-17(25-20)14-29-19-11-6-10-18(13-19)28-22(3,23)24/h5-6,9-13,15-16H,4,7-8,14H2,1-3H3. The number of pyridine rings is 1. The number of carbonyl (C=O) groups is 1. The minimum atomic E-state index is -3.22. The molecule has 2 heterocycles. The highest BCUT2D eigenvalue weighted by Gasteiger charge is 2.30. The monoisotopic (exact) mass is 420 g/mol. The molecule has 1 aliphatic rings. The molecule has 0 radical (unpaired) electrons. The van der Waals surface area contributed by atoms with Crippen LogP contribution in [0.2, 0.25) is 0 Å². The van der Waals surface area contributed by atoms with Crippen molar-refractivity contribution in [2.45, 2.75) is 68.9 Å². The minimum absolute atomic E-state index is 0.0304. The summed E-state index contributed by atoms with van der Waals surface area (Å²) in [4.78, 5) is 20.3. The lowest BCUT2D eigenvalue weighted by Gasteiger charge is -2.38. The van der Waals surface area contributed by atoms with E-state index in [-0.39, 0.29) is 23.7 Å². The maximum absolute atomic E-state index is 13.0. The number of hydrogen-bond acceptors (Lipinski definition) is 4. The Kier molecular flexibility index (Phi) is 6.77. The Labute approximate surface area is 174 Å². The van der Waals surface area contributed by atoms with Gasteiger partial charge in [-0.15, -0.1) is 11.8 Å². The maximum Gasteiger partial charge on any atom is 0.394 e. The van der Waals surface area contributed by atoms with E-state index in [1.807, 2.05) is 23.1 Å². The summed E-state index contributed by atoms with van der Waals surface area (Å²) in [5.74, 6) is 0.614. The van der Waals surface area contributed by atoms with Crippen molar-refractivity contribution >= 4 is 17.7 Å². The Morgan fingerprint density at radius 1 is 1.21 bits per heavy atom. The van der Waals surface area contributed by atoms with E-state index in [0.29, 0.717) is 18.4 Å². The van der Waals surface area contributed by atoms with Crippen LogP contribution in [0.1, 0.15) is 56.2 Å². The van der Waals surface area contributed by atoms with Crippen molar-refractivity contribution < 1.29 is 18.3 Å². The largest absolute Gasteiger partial charge is 0.433 e. The molecule has 2 atom stereocenters. The highest BCUT2D eigenvalue weighted by atomic mass is 32.2. The van der Waals surface area contributed by atoms with Gasteiger partial charge in [0.05, 0.1) is 5.69 Å². The molecule has 0 spiro atoms. The Bertz CT molecular complexity index is 847. The number of rotatable bonds is 6. The molecule has 0 bridgehead atoms. The number of thioether (sulfide) groups is 1. The molecular formula is C22H26F2N2O2S. The molecule has 4 nitrogen and oxygen atoms in total. The van der Waals surface area contributed by atoms with Gasteiger partial charge in [0.1, 0.15) is 11.4 Å². The normalized spacial score (nSPS) is 19.8. The van der Waals surface area contributed by atoms with Crippen LogP contribution in [0, 0.1) is 0 Å². The van der Waals surface area contributed by atoms with E-state index in [4.69, 9.17) is 0 Å². The average molecular weight is 421 g/mol.